The number of hydrogen-bond donors (Lipinski definition) is 4. The normalized spacial score (nSPS) is 12.5. The number of aliphatic hydroxyl groups is 2. The van der Waals surface area contributed by atoms with Crippen molar-refractivity contribution in [3.05, 3.63) is 56.4 Å². The van der Waals surface area contributed by atoms with Gasteiger partial charge in [0.15, 0.2) is 0 Å². The summed E-state index contributed by atoms with van der Waals surface area (Å²) in [6.07, 6.45) is 5.15. The van der Waals surface area contributed by atoms with Gasteiger partial charge < -0.3 is 31.5 Å². The van der Waals surface area contributed by atoms with E-state index >= 15 is 0 Å². The van der Waals surface area contributed by atoms with E-state index in [0.717, 1.165) is 9.81 Å². The van der Waals surface area contributed by atoms with Crippen molar-refractivity contribution in [1.82, 2.24) is 29.7 Å². The molecule has 2 aromatic heterocycles. The van der Waals surface area contributed by atoms with Crippen LogP contribution in [-0.2, 0) is 22.7 Å². The number of hydrogen-bond acceptors (Lipinski definition) is 12. The number of amides is 2. The number of nitrogens with two attached hydrogens (primary N) is 2. The standard InChI is InChI=1S/C24H34N8O4S2/c1-15(31(13-35)11-19-9-27-17(3)29-23(19)25)21(5-7-33)37-38-22(6-8-34)16(2)32(14-36)12-20-10-28-18(4)30-24(20)26/h9-10,13-14,33-34H,5-8,11-12H2,1-4H3,(H2,25,27,29)(H2,26,28,30)/b21-15-,22-16+. The zero-order chi connectivity index (χ0) is 28.2. The predicted octanol–water partition coefficient (Wildman–Crippen LogP) is 2.27. The van der Waals surface area contributed by atoms with Crippen LogP contribution in [0.15, 0.2) is 33.6 Å². The summed E-state index contributed by atoms with van der Waals surface area (Å²) in [5, 5.41) is 19.4. The minimum atomic E-state index is -0.131. The highest BCUT2D eigenvalue weighted by molar-refractivity contribution is 8.79. The highest BCUT2D eigenvalue weighted by atomic mass is 33.1. The Morgan fingerprint density at radius 3 is 1.47 bits per heavy atom. The zero-order valence-electron chi connectivity index (χ0n) is 21.9. The van der Waals surface area contributed by atoms with Gasteiger partial charge >= 0.3 is 0 Å². The monoisotopic (exact) mass is 562 g/mol. The van der Waals surface area contributed by atoms with E-state index in [1.807, 2.05) is 0 Å². The number of aryl methyl sites for hydroxylation is 2. The molecule has 0 saturated heterocycles. The van der Waals surface area contributed by atoms with E-state index in [2.05, 4.69) is 19.9 Å². The van der Waals surface area contributed by atoms with E-state index in [0.29, 0.717) is 71.5 Å². The van der Waals surface area contributed by atoms with Crippen molar-refractivity contribution < 1.29 is 19.8 Å². The maximum Gasteiger partial charge on any atom is 0.214 e. The Bertz CT molecular complexity index is 1100. The number of nitrogens with zero attached hydrogens (tertiary/aromatic N) is 6. The lowest BCUT2D eigenvalue weighted by Gasteiger charge is -2.24. The van der Waals surface area contributed by atoms with Gasteiger partial charge in [-0.25, -0.2) is 19.9 Å². The number of rotatable bonds is 15. The summed E-state index contributed by atoms with van der Waals surface area (Å²) in [4.78, 5) is 45.0. The molecule has 0 aromatic carbocycles. The van der Waals surface area contributed by atoms with Crippen LogP contribution in [0.25, 0.3) is 0 Å². The first kappa shape index (κ1) is 31.0. The third kappa shape index (κ3) is 8.68. The fourth-order valence-electron chi connectivity index (χ4n) is 3.30. The van der Waals surface area contributed by atoms with Gasteiger partial charge in [-0.05, 0) is 27.7 Å². The van der Waals surface area contributed by atoms with Gasteiger partial charge in [-0.3, -0.25) is 9.59 Å². The molecule has 206 valence electrons. The molecular weight excluding hydrogens is 528 g/mol. The lowest BCUT2D eigenvalue weighted by molar-refractivity contribution is -0.117. The number of anilines is 2. The van der Waals surface area contributed by atoms with Crippen LogP contribution in [0.1, 0.15) is 49.5 Å². The summed E-state index contributed by atoms with van der Waals surface area (Å²) in [7, 11) is 2.69. The van der Waals surface area contributed by atoms with Gasteiger partial charge in [-0.15, -0.1) is 0 Å². The fourth-order valence-corrected chi connectivity index (χ4v) is 6.15. The van der Waals surface area contributed by atoms with Crippen LogP contribution in [0, 0.1) is 13.8 Å². The molecule has 2 aromatic rings. The van der Waals surface area contributed by atoms with Crippen LogP contribution in [0.3, 0.4) is 0 Å². The first-order chi connectivity index (χ1) is 18.1. The summed E-state index contributed by atoms with van der Waals surface area (Å²) in [6, 6.07) is 0. The molecule has 0 spiro atoms. The summed E-state index contributed by atoms with van der Waals surface area (Å²) < 4.78 is 0. The number of aliphatic hydroxyl groups excluding tert-OH is 2. The van der Waals surface area contributed by atoms with E-state index in [1.54, 1.807) is 40.1 Å². The van der Waals surface area contributed by atoms with Crippen molar-refractivity contribution in [2.45, 2.75) is 53.6 Å². The van der Waals surface area contributed by atoms with Crippen molar-refractivity contribution in [3.63, 3.8) is 0 Å². The van der Waals surface area contributed by atoms with Crippen LogP contribution in [0.5, 0.6) is 0 Å². The van der Waals surface area contributed by atoms with Gasteiger partial charge in [0, 0.05) is 70.8 Å². The van der Waals surface area contributed by atoms with Crippen molar-refractivity contribution in [2.24, 2.45) is 0 Å². The Kier molecular flexibility index (Phi) is 12.5. The Balaban J connectivity index is 2.30. The maximum absolute atomic E-state index is 12.0. The highest BCUT2D eigenvalue weighted by Gasteiger charge is 2.18. The molecule has 0 aliphatic carbocycles. The number of allylic oxidation sites excluding steroid dienone is 2. The fraction of sp³-hybridized carbons (Fsp3) is 0.417. The molecule has 12 nitrogen and oxygen atoms in total. The summed E-state index contributed by atoms with van der Waals surface area (Å²) in [5.41, 5.74) is 14.5. The molecule has 0 fully saturated rings. The molecule has 0 aliphatic heterocycles. The van der Waals surface area contributed by atoms with E-state index in [1.165, 1.54) is 31.4 Å². The van der Waals surface area contributed by atoms with Crippen molar-refractivity contribution in [3.8, 4) is 0 Å². The zero-order valence-corrected chi connectivity index (χ0v) is 23.6. The quantitative estimate of drug-likeness (QED) is 0.184. The molecule has 0 unspecified atom stereocenters. The number of aromatic nitrogens is 4. The molecule has 14 heteroatoms. The number of nitrogen functional groups attached to an aromatic ring is 2. The number of carbonyl (C=O) groups excluding carboxylic acids is 2. The lowest BCUT2D eigenvalue weighted by atomic mass is 10.2. The molecular formula is C24H34N8O4S2. The van der Waals surface area contributed by atoms with Gasteiger partial charge in [0.2, 0.25) is 12.8 Å². The van der Waals surface area contributed by atoms with Crippen LogP contribution < -0.4 is 11.5 Å². The molecule has 0 aliphatic rings. The molecule has 6 N–H and O–H groups in total. The molecule has 2 rings (SSSR count). The van der Waals surface area contributed by atoms with E-state index in [4.69, 9.17) is 11.5 Å². The van der Waals surface area contributed by atoms with Gasteiger partial charge in [0.05, 0.1) is 13.1 Å². The van der Waals surface area contributed by atoms with E-state index in [9.17, 15) is 19.8 Å². The van der Waals surface area contributed by atoms with E-state index in [-0.39, 0.29) is 26.3 Å². The third-order valence-electron chi connectivity index (χ3n) is 5.56. The second kappa shape index (κ2) is 15.3. The van der Waals surface area contributed by atoms with Crippen LogP contribution in [-0.4, -0.2) is 66.0 Å². The average Bonchev–Trinajstić information content (AvgIpc) is 2.88. The van der Waals surface area contributed by atoms with Gasteiger partial charge in [0.25, 0.3) is 0 Å². The Hall–Kier alpha value is -3.20. The lowest BCUT2D eigenvalue weighted by Crippen LogP contribution is -2.22. The highest BCUT2D eigenvalue weighted by Crippen LogP contribution is 2.42. The first-order valence-electron chi connectivity index (χ1n) is 11.7. The number of carbonyl (C=O) groups is 2. The Morgan fingerprint density at radius 1 is 0.816 bits per heavy atom. The van der Waals surface area contributed by atoms with E-state index < -0.39 is 0 Å². The SMILES string of the molecule is C/C(=C(\CCO)SS/C(CCO)=C(\C)N(C=O)Cc1cnc(C)nc1N)N(C=O)Cc1cnc(C)nc1N. The Labute approximate surface area is 230 Å². The molecule has 2 heterocycles. The van der Waals surface area contributed by atoms with Gasteiger partial charge in [-0.2, -0.15) is 0 Å². The Morgan fingerprint density at radius 2 is 1.18 bits per heavy atom. The van der Waals surface area contributed by atoms with Crippen LogP contribution >= 0.6 is 21.6 Å². The molecule has 0 atom stereocenters. The predicted molar refractivity (Wildman–Crippen MR) is 150 cm³/mol. The maximum atomic E-state index is 12.0. The van der Waals surface area contributed by atoms with Crippen LogP contribution in [0.2, 0.25) is 0 Å². The minimum Gasteiger partial charge on any atom is -0.396 e. The summed E-state index contributed by atoms with van der Waals surface area (Å²) in [5.74, 6) is 1.65. The molecule has 0 radical (unpaired) electrons. The summed E-state index contributed by atoms with van der Waals surface area (Å²) in [6.45, 7) is 7.08. The van der Waals surface area contributed by atoms with Crippen molar-refractivity contribution in [1.29, 1.82) is 0 Å². The molecule has 0 saturated carbocycles. The molecule has 38 heavy (non-hydrogen) atoms. The average molecular weight is 563 g/mol. The van der Waals surface area contributed by atoms with Crippen molar-refractivity contribution >= 4 is 46.0 Å². The smallest absolute Gasteiger partial charge is 0.214 e. The van der Waals surface area contributed by atoms with Gasteiger partial charge in [0.1, 0.15) is 23.3 Å². The van der Waals surface area contributed by atoms with Gasteiger partial charge in [-0.1, -0.05) is 21.6 Å². The second-order valence-corrected chi connectivity index (χ2v) is 10.6. The molecule has 2 amide bonds. The largest absolute Gasteiger partial charge is 0.396 e. The third-order valence-corrected chi connectivity index (χ3v) is 8.50. The first-order valence-corrected chi connectivity index (χ1v) is 13.9. The minimum absolute atomic E-state index is 0.131. The summed E-state index contributed by atoms with van der Waals surface area (Å²) >= 11 is 0. The van der Waals surface area contributed by atoms with Crippen molar-refractivity contribution in [2.75, 3.05) is 24.7 Å². The van der Waals surface area contributed by atoms with Crippen LogP contribution in [0.4, 0.5) is 11.6 Å². The topological polar surface area (TPSA) is 185 Å². The molecule has 0 bridgehead atoms. The second-order valence-electron chi connectivity index (χ2n) is 8.25.